The van der Waals surface area contributed by atoms with Crippen LogP contribution in [0.2, 0.25) is 0 Å². The Morgan fingerprint density at radius 1 is 1.40 bits per heavy atom. The molecular formula is C12H21NO2. The summed E-state index contributed by atoms with van der Waals surface area (Å²) in [5.41, 5.74) is 0.555. The van der Waals surface area contributed by atoms with Crippen LogP contribution >= 0.6 is 0 Å². The number of amides is 1. The van der Waals surface area contributed by atoms with E-state index in [1.54, 1.807) is 17.9 Å². The van der Waals surface area contributed by atoms with Crippen molar-refractivity contribution in [2.24, 2.45) is 0 Å². The fourth-order valence-electron chi connectivity index (χ4n) is 1.29. The largest absolute Gasteiger partial charge is 0.396 e. The molecule has 1 N–H and O–H groups in total. The SMILES string of the molecule is C=CCN(CCCCCO)C(=O)C(=C)C. The fraction of sp³-hybridized carbons (Fsp3) is 0.583. The molecule has 0 aromatic carbocycles. The third-order valence-electron chi connectivity index (χ3n) is 2.09. The lowest BCUT2D eigenvalue weighted by atomic mass is 10.2. The molecule has 3 nitrogen and oxygen atoms in total. The number of carbonyl (C=O) groups excluding carboxylic acids is 1. The lowest BCUT2D eigenvalue weighted by Gasteiger charge is -2.20. The van der Waals surface area contributed by atoms with Crippen molar-refractivity contribution in [2.45, 2.75) is 26.2 Å². The zero-order chi connectivity index (χ0) is 11.7. The molecule has 0 aliphatic carbocycles. The highest BCUT2D eigenvalue weighted by Gasteiger charge is 2.11. The van der Waals surface area contributed by atoms with Gasteiger partial charge in [0, 0.05) is 25.3 Å². The predicted octanol–water partition coefficient (Wildman–Crippen LogP) is 1.74. The average Bonchev–Trinajstić information content (AvgIpc) is 2.21. The number of unbranched alkanes of at least 4 members (excludes halogenated alkanes) is 2. The van der Waals surface area contributed by atoms with Gasteiger partial charge in [0.15, 0.2) is 0 Å². The Hall–Kier alpha value is -1.09. The molecule has 86 valence electrons. The van der Waals surface area contributed by atoms with Gasteiger partial charge in [0.2, 0.25) is 5.91 Å². The zero-order valence-electron chi connectivity index (χ0n) is 9.54. The van der Waals surface area contributed by atoms with Crippen LogP contribution in [0.1, 0.15) is 26.2 Å². The van der Waals surface area contributed by atoms with Crippen LogP contribution in [0.4, 0.5) is 0 Å². The smallest absolute Gasteiger partial charge is 0.249 e. The fourth-order valence-corrected chi connectivity index (χ4v) is 1.29. The van der Waals surface area contributed by atoms with Crippen molar-refractivity contribution in [3.63, 3.8) is 0 Å². The van der Waals surface area contributed by atoms with E-state index in [9.17, 15) is 4.79 Å². The van der Waals surface area contributed by atoms with Crippen LogP contribution in [0, 0.1) is 0 Å². The normalized spacial score (nSPS) is 9.73. The highest BCUT2D eigenvalue weighted by molar-refractivity contribution is 5.92. The Morgan fingerprint density at radius 3 is 2.53 bits per heavy atom. The molecule has 0 spiro atoms. The summed E-state index contributed by atoms with van der Waals surface area (Å²) in [6.07, 6.45) is 4.36. The average molecular weight is 211 g/mol. The summed E-state index contributed by atoms with van der Waals surface area (Å²) in [6, 6.07) is 0. The highest BCUT2D eigenvalue weighted by atomic mass is 16.2. The van der Waals surface area contributed by atoms with Gasteiger partial charge in [0.25, 0.3) is 0 Å². The van der Waals surface area contributed by atoms with E-state index in [1.165, 1.54) is 0 Å². The third-order valence-corrected chi connectivity index (χ3v) is 2.09. The number of carbonyl (C=O) groups is 1. The maximum atomic E-state index is 11.6. The molecule has 1 amide bonds. The first kappa shape index (κ1) is 13.9. The van der Waals surface area contributed by atoms with Gasteiger partial charge in [-0.25, -0.2) is 0 Å². The molecule has 0 heterocycles. The zero-order valence-corrected chi connectivity index (χ0v) is 9.54. The molecule has 0 unspecified atom stereocenters. The number of hydrogen-bond donors (Lipinski definition) is 1. The number of aliphatic hydroxyl groups is 1. The Morgan fingerprint density at radius 2 is 2.07 bits per heavy atom. The molecule has 0 saturated heterocycles. The summed E-state index contributed by atoms with van der Waals surface area (Å²) in [7, 11) is 0. The van der Waals surface area contributed by atoms with E-state index in [1.807, 2.05) is 0 Å². The molecular weight excluding hydrogens is 190 g/mol. The molecule has 0 aromatic rings. The topological polar surface area (TPSA) is 40.5 Å². The first-order chi connectivity index (χ1) is 7.13. The van der Waals surface area contributed by atoms with E-state index >= 15 is 0 Å². The summed E-state index contributed by atoms with van der Waals surface area (Å²) in [5, 5.41) is 8.62. The molecule has 15 heavy (non-hydrogen) atoms. The van der Waals surface area contributed by atoms with Gasteiger partial charge < -0.3 is 10.0 Å². The lowest BCUT2D eigenvalue weighted by molar-refractivity contribution is -0.126. The highest BCUT2D eigenvalue weighted by Crippen LogP contribution is 2.03. The van der Waals surface area contributed by atoms with Gasteiger partial charge >= 0.3 is 0 Å². The van der Waals surface area contributed by atoms with E-state index in [2.05, 4.69) is 13.2 Å². The maximum absolute atomic E-state index is 11.6. The lowest BCUT2D eigenvalue weighted by Crippen LogP contribution is -2.32. The minimum atomic E-state index is -0.0149. The summed E-state index contributed by atoms with van der Waals surface area (Å²) in [6.45, 7) is 10.5. The second kappa shape index (κ2) is 8.24. The first-order valence-corrected chi connectivity index (χ1v) is 5.30. The van der Waals surface area contributed by atoms with Gasteiger partial charge in [0.1, 0.15) is 0 Å². The molecule has 0 atom stereocenters. The molecule has 0 fully saturated rings. The second-order valence-corrected chi connectivity index (χ2v) is 3.60. The summed E-state index contributed by atoms with van der Waals surface area (Å²) in [4.78, 5) is 13.4. The van der Waals surface area contributed by atoms with Crippen molar-refractivity contribution in [3.8, 4) is 0 Å². The molecule has 0 aromatic heterocycles. The van der Waals surface area contributed by atoms with Gasteiger partial charge in [0.05, 0.1) is 0 Å². The number of aliphatic hydroxyl groups excluding tert-OH is 1. The van der Waals surface area contributed by atoms with Crippen molar-refractivity contribution < 1.29 is 9.90 Å². The molecule has 0 radical (unpaired) electrons. The Labute approximate surface area is 92.1 Å². The van der Waals surface area contributed by atoms with E-state index in [-0.39, 0.29) is 12.5 Å². The van der Waals surface area contributed by atoms with Crippen molar-refractivity contribution in [1.82, 2.24) is 4.90 Å². The van der Waals surface area contributed by atoms with E-state index in [0.29, 0.717) is 18.7 Å². The predicted molar refractivity (Wildman–Crippen MR) is 62.5 cm³/mol. The number of nitrogens with zero attached hydrogens (tertiary/aromatic N) is 1. The van der Waals surface area contributed by atoms with Gasteiger partial charge in [-0.05, 0) is 26.2 Å². The summed E-state index contributed by atoms with van der Waals surface area (Å²) in [5.74, 6) is -0.0149. The molecule has 0 bridgehead atoms. The molecule has 0 saturated carbocycles. The van der Waals surface area contributed by atoms with Crippen LogP contribution in [0.3, 0.4) is 0 Å². The Kier molecular flexibility index (Phi) is 7.64. The van der Waals surface area contributed by atoms with E-state index < -0.39 is 0 Å². The van der Waals surface area contributed by atoms with Crippen molar-refractivity contribution in [2.75, 3.05) is 19.7 Å². The molecule has 3 heteroatoms. The van der Waals surface area contributed by atoms with Crippen molar-refractivity contribution >= 4 is 5.91 Å². The van der Waals surface area contributed by atoms with Gasteiger partial charge in [-0.15, -0.1) is 6.58 Å². The Bertz CT molecular complexity index is 224. The van der Waals surface area contributed by atoms with Crippen LogP contribution in [-0.2, 0) is 4.79 Å². The van der Waals surface area contributed by atoms with Crippen LogP contribution in [0.25, 0.3) is 0 Å². The number of hydrogen-bond acceptors (Lipinski definition) is 2. The molecule has 0 aliphatic rings. The minimum Gasteiger partial charge on any atom is -0.396 e. The minimum absolute atomic E-state index is 0.0149. The van der Waals surface area contributed by atoms with Crippen LogP contribution in [-0.4, -0.2) is 35.6 Å². The Balaban J connectivity index is 3.98. The van der Waals surface area contributed by atoms with Crippen molar-refractivity contribution in [1.29, 1.82) is 0 Å². The van der Waals surface area contributed by atoms with Crippen molar-refractivity contribution in [3.05, 3.63) is 24.8 Å². The number of rotatable bonds is 8. The molecule has 0 rings (SSSR count). The van der Waals surface area contributed by atoms with Crippen LogP contribution in [0.15, 0.2) is 24.8 Å². The van der Waals surface area contributed by atoms with E-state index in [4.69, 9.17) is 5.11 Å². The van der Waals surface area contributed by atoms with Gasteiger partial charge in [-0.1, -0.05) is 12.7 Å². The van der Waals surface area contributed by atoms with Gasteiger partial charge in [-0.3, -0.25) is 4.79 Å². The van der Waals surface area contributed by atoms with Crippen LogP contribution in [0.5, 0.6) is 0 Å². The summed E-state index contributed by atoms with van der Waals surface area (Å²) >= 11 is 0. The third kappa shape index (κ3) is 6.07. The van der Waals surface area contributed by atoms with Crippen LogP contribution < -0.4 is 0 Å². The quantitative estimate of drug-likeness (QED) is 0.377. The monoisotopic (exact) mass is 211 g/mol. The second-order valence-electron chi connectivity index (χ2n) is 3.60. The molecule has 0 aliphatic heterocycles. The summed E-state index contributed by atoms with van der Waals surface area (Å²) < 4.78 is 0. The standard InChI is InChI=1S/C12H21NO2/c1-4-8-13(12(15)11(2)3)9-6-5-7-10-14/h4,14H,1-2,5-10H2,3H3. The van der Waals surface area contributed by atoms with Gasteiger partial charge in [-0.2, -0.15) is 0 Å². The van der Waals surface area contributed by atoms with E-state index in [0.717, 1.165) is 19.3 Å². The maximum Gasteiger partial charge on any atom is 0.249 e. The first-order valence-electron chi connectivity index (χ1n) is 5.30.